The molecule has 0 spiro atoms. The molecule has 0 bridgehead atoms. The summed E-state index contributed by atoms with van der Waals surface area (Å²) in [6.45, 7) is 6.12. The van der Waals surface area contributed by atoms with Gasteiger partial charge in [0.15, 0.2) is 0 Å². The highest BCUT2D eigenvalue weighted by atomic mass is 16.5. The molecule has 6 nitrogen and oxygen atoms in total. The highest BCUT2D eigenvalue weighted by Crippen LogP contribution is 2.20. The predicted octanol–water partition coefficient (Wildman–Crippen LogP) is 2.75. The lowest BCUT2D eigenvalue weighted by molar-refractivity contribution is -0.0405. The smallest absolute Gasteiger partial charge is 0.226 e. The summed E-state index contributed by atoms with van der Waals surface area (Å²) in [4.78, 5) is 6.99. The molecule has 0 radical (unpaired) electrons. The second kappa shape index (κ2) is 7.21. The summed E-state index contributed by atoms with van der Waals surface area (Å²) in [6, 6.07) is 10.2. The molecule has 130 valence electrons. The lowest BCUT2D eigenvalue weighted by atomic mass is 10.1. The molecule has 0 N–H and O–H groups in total. The van der Waals surface area contributed by atoms with E-state index in [1.54, 1.807) is 12.5 Å². The van der Waals surface area contributed by atoms with Crippen LogP contribution in [-0.4, -0.2) is 45.5 Å². The molecule has 3 heterocycles. The Balaban J connectivity index is 1.37. The van der Waals surface area contributed by atoms with E-state index >= 15 is 0 Å². The Hall–Kier alpha value is -2.44. The van der Waals surface area contributed by atoms with Crippen molar-refractivity contribution in [2.24, 2.45) is 0 Å². The maximum atomic E-state index is 5.86. The van der Waals surface area contributed by atoms with Gasteiger partial charge in [0, 0.05) is 37.6 Å². The van der Waals surface area contributed by atoms with Crippen LogP contribution in [0.2, 0.25) is 0 Å². The van der Waals surface area contributed by atoms with E-state index in [4.69, 9.17) is 9.15 Å². The van der Waals surface area contributed by atoms with Crippen LogP contribution >= 0.6 is 0 Å². The zero-order chi connectivity index (χ0) is 17.1. The quantitative estimate of drug-likeness (QED) is 0.716. The first-order chi connectivity index (χ1) is 12.3. The first-order valence-electron chi connectivity index (χ1n) is 8.59. The molecule has 1 aromatic carbocycles. The lowest BCUT2D eigenvalue weighted by Gasteiger charge is -2.32. The average molecular weight is 338 g/mol. The highest BCUT2D eigenvalue weighted by molar-refractivity contribution is 5.53. The van der Waals surface area contributed by atoms with Crippen molar-refractivity contribution in [3.63, 3.8) is 0 Å². The lowest BCUT2D eigenvalue weighted by Crippen LogP contribution is -2.43. The van der Waals surface area contributed by atoms with Crippen molar-refractivity contribution in [1.82, 2.24) is 19.7 Å². The summed E-state index contributed by atoms with van der Waals surface area (Å²) in [5.74, 6) is 0.677. The van der Waals surface area contributed by atoms with Gasteiger partial charge in [-0.2, -0.15) is 5.10 Å². The van der Waals surface area contributed by atoms with Crippen molar-refractivity contribution in [3.8, 4) is 11.5 Å². The van der Waals surface area contributed by atoms with Gasteiger partial charge in [-0.05, 0) is 25.1 Å². The number of aromatic nitrogens is 3. The maximum Gasteiger partial charge on any atom is 0.226 e. The summed E-state index contributed by atoms with van der Waals surface area (Å²) in [5.41, 5.74) is 3.19. The van der Waals surface area contributed by atoms with Gasteiger partial charge in [0.25, 0.3) is 0 Å². The Morgan fingerprint density at radius 2 is 2.12 bits per heavy atom. The SMILES string of the molecule is Cc1ccc(-c2nc(CN3CCO[C@@H](Cn4cccn4)C3)co2)cc1. The number of aryl methyl sites for hydroxylation is 1. The van der Waals surface area contributed by atoms with Crippen LogP contribution in [0.1, 0.15) is 11.3 Å². The van der Waals surface area contributed by atoms with Crippen LogP contribution < -0.4 is 0 Å². The van der Waals surface area contributed by atoms with Crippen molar-refractivity contribution < 1.29 is 9.15 Å². The second-order valence-corrected chi connectivity index (χ2v) is 6.47. The molecule has 2 aromatic heterocycles. The van der Waals surface area contributed by atoms with Gasteiger partial charge in [0.2, 0.25) is 5.89 Å². The van der Waals surface area contributed by atoms with Gasteiger partial charge in [-0.25, -0.2) is 4.98 Å². The number of hydrogen-bond acceptors (Lipinski definition) is 5. The van der Waals surface area contributed by atoms with Crippen molar-refractivity contribution in [2.45, 2.75) is 26.1 Å². The number of morpholine rings is 1. The Morgan fingerprint density at radius 3 is 2.92 bits per heavy atom. The van der Waals surface area contributed by atoms with Crippen LogP contribution in [0.3, 0.4) is 0 Å². The average Bonchev–Trinajstić information content (AvgIpc) is 3.28. The number of hydrogen-bond donors (Lipinski definition) is 0. The van der Waals surface area contributed by atoms with Crippen LogP contribution in [0, 0.1) is 6.92 Å². The van der Waals surface area contributed by atoms with Gasteiger partial charge < -0.3 is 9.15 Å². The van der Waals surface area contributed by atoms with E-state index in [1.165, 1.54) is 5.56 Å². The van der Waals surface area contributed by atoms with Crippen molar-refractivity contribution >= 4 is 0 Å². The molecule has 4 rings (SSSR count). The molecule has 0 amide bonds. The third-order valence-corrected chi connectivity index (χ3v) is 4.41. The van der Waals surface area contributed by atoms with E-state index in [2.05, 4.69) is 34.0 Å². The molecular formula is C19H22N4O2. The van der Waals surface area contributed by atoms with E-state index in [-0.39, 0.29) is 6.10 Å². The summed E-state index contributed by atoms with van der Waals surface area (Å²) in [7, 11) is 0. The van der Waals surface area contributed by atoms with Crippen molar-refractivity contribution in [3.05, 3.63) is 60.2 Å². The standard InChI is InChI=1S/C19H22N4O2/c1-15-3-5-16(6-4-15)19-21-17(14-25-19)11-22-9-10-24-18(12-22)13-23-8-2-7-20-23/h2-8,14,18H,9-13H2,1H3/t18-/m1/s1. The van der Waals surface area contributed by atoms with E-state index < -0.39 is 0 Å². The highest BCUT2D eigenvalue weighted by Gasteiger charge is 2.22. The summed E-state index contributed by atoms with van der Waals surface area (Å²) >= 11 is 0. The topological polar surface area (TPSA) is 56.3 Å². The molecular weight excluding hydrogens is 316 g/mol. The van der Waals surface area contributed by atoms with Crippen LogP contribution in [0.25, 0.3) is 11.5 Å². The minimum absolute atomic E-state index is 0.150. The fourth-order valence-corrected chi connectivity index (χ4v) is 3.09. The minimum Gasteiger partial charge on any atom is -0.444 e. The van der Waals surface area contributed by atoms with Gasteiger partial charge in [0.05, 0.1) is 24.9 Å². The Bertz CT molecular complexity index is 795. The fourth-order valence-electron chi connectivity index (χ4n) is 3.09. The number of rotatable bonds is 5. The van der Waals surface area contributed by atoms with E-state index in [0.29, 0.717) is 5.89 Å². The first kappa shape index (κ1) is 16.1. The van der Waals surface area contributed by atoms with Crippen LogP contribution in [0.5, 0.6) is 0 Å². The molecule has 1 saturated heterocycles. The maximum absolute atomic E-state index is 5.86. The summed E-state index contributed by atoms with van der Waals surface area (Å²) in [6.07, 6.45) is 5.67. The molecule has 6 heteroatoms. The van der Waals surface area contributed by atoms with Gasteiger partial charge >= 0.3 is 0 Å². The second-order valence-electron chi connectivity index (χ2n) is 6.47. The van der Waals surface area contributed by atoms with Gasteiger partial charge in [-0.3, -0.25) is 9.58 Å². The number of ether oxygens (including phenoxy) is 1. The molecule has 1 aliphatic rings. The van der Waals surface area contributed by atoms with Crippen LogP contribution in [0.4, 0.5) is 0 Å². The molecule has 3 aromatic rings. The Labute approximate surface area is 147 Å². The van der Waals surface area contributed by atoms with Crippen LogP contribution in [0.15, 0.2) is 53.4 Å². The number of oxazole rings is 1. The zero-order valence-corrected chi connectivity index (χ0v) is 14.3. The van der Waals surface area contributed by atoms with Crippen molar-refractivity contribution in [1.29, 1.82) is 0 Å². The Morgan fingerprint density at radius 1 is 1.24 bits per heavy atom. The first-order valence-corrected chi connectivity index (χ1v) is 8.59. The molecule has 25 heavy (non-hydrogen) atoms. The zero-order valence-electron chi connectivity index (χ0n) is 14.3. The van der Waals surface area contributed by atoms with E-state index in [9.17, 15) is 0 Å². The Kier molecular flexibility index (Phi) is 4.63. The predicted molar refractivity (Wildman–Crippen MR) is 93.9 cm³/mol. The monoisotopic (exact) mass is 338 g/mol. The molecule has 1 fully saturated rings. The summed E-state index contributed by atoms with van der Waals surface area (Å²) < 4.78 is 13.4. The summed E-state index contributed by atoms with van der Waals surface area (Å²) in [5, 5.41) is 4.25. The number of benzene rings is 1. The van der Waals surface area contributed by atoms with E-state index in [1.807, 2.05) is 29.1 Å². The molecule has 1 aliphatic heterocycles. The molecule has 0 unspecified atom stereocenters. The minimum atomic E-state index is 0.150. The third kappa shape index (κ3) is 3.97. The van der Waals surface area contributed by atoms with E-state index in [0.717, 1.165) is 44.0 Å². The fraction of sp³-hybridized carbons (Fsp3) is 0.368. The largest absolute Gasteiger partial charge is 0.444 e. The third-order valence-electron chi connectivity index (χ3n) is 4.41. The van der Waals surface area contributed by atoms with Gasteiger partial charge in [-0.1, -0.05) is 17.7 Å². The molecule has 0 saturated carbocycles. The molecule has 1 atom stereocenters. The van der Waals surface area contributed by atoms with Gasteiger partial charge in [-0.15, -0.1) is 0 Å². The van der Waals surface area contributed by atoms with Gasteiger partial charge in [0.1, 0.15) is 6.26 Å². The number of nitrogens with zero attached hydrogens (tertiary/aromatic N) is 4. The van der Waals surface area contributed by atoms with Crippen molar-refractivity contribution in [2.75, 3.05) is 19.7 Å². The van der Waals surface area contributed by atoms with Crippen LogP contribution in [-0.2, 0) is 17.8 Å². The normalized spacial score (nSPS) is 18.5. The molecule has 0 aliphatic carbocycles.